The minimum absolute atomic E-state index is 0.0741. The molecule has 4 heteroatoms. The number of aliphatic hydroxyl groups excluding tert-OH is 1. The lowest BCUT2D eigenvalue weighted by Crippen LogP contribution is -2.29. The van der Waals surface area contributed by atoms with Crippen molar-refractivity contribution in [2.45, 2.75) is 51.9 Å². The average molecular weight is 226 g/mol. The van der Waals surface area contributed by atoms with Crippen LogP contribution in [0.5, 0.6) is 0 Å². The van der Waals surface area contributed by atoms with Crippen molar-refractivity contribution in [2.24, 2.45) is 0 Å². The summed E-state index contributed by atoms with van der Waals surface area (Å²) in [7, 11) is 1.65. The lowest BCUT2D eigenvalue weighted by atomic mass is 10.0. The van der Waals surface area contributed by atoms with E-state index >= 15 is 0 Å². The van der Waals surface area contributed by atoms with Crippen LogP contribution in [-0.2, 0) is 17.7 Å². The summed E-state index contributed by atoms with van der Waals surface area (Å²) in [4.78, 5) is 0. The van der Waals surface area contributed by atoms with Crippen LogP contribution in [-0.4, -0.2) is 34.2 Å². The minimum atomic E-state index is -0.445. The lowest BCUT2D eigenvalue weighted by molar-refractivity contribution is -0.0159. The largest absolute Gasteiger partial charge is 0.390 e. The zero-order valence-electron chi connectivity index (χ0n) is 10.4. The number of nitrogens with zero attached hydrogens (tertiary/aromatic N) is 2. The molecule has 2 unspecified atom stereocenters. The molecule has 4 nitrogen and oxygen atoms in total. The van der Waals surface area contributed by atoms with Gasteiger partial charge in [0.1, 0.15) is 0 Å². The van der Waals surface area contributed by atoms with E-state index in [2.05, 4.69) is 12.0 Å². The number of aryl methyl sites for hydroxylation is 1. The second-order valence-electron chi connectivity index (χ2n) is 4.04. The van der Waals surface area contributed by atoms with E-state index < -0.39 is 6.10 Å². The summed E-state index contributed by atoms with van der Waals surface area (Å²) in [5, 5.41) is 14.2. The Hall–Kier alpha value is -0.870. The quantitative estimate of drug-likeness (QED) is 0.768. The number of aliphatic hydroxyl groups is 1. The third kappa shape index (κ3) is 3.61. The molecule has 0 spiro atoms. The number of rotatable bonds is 7. The number of ether oxygens (including phenoxy) is 1. The monoisotopic (exact) mass is 226 g/mol. The lowest BCUT2D eigenvalue weighted by Gasteiger charge is -2.20. The molecular weight excluding hydrogens is 204 g/mol. The molecule has 0 aliphatic heterocycles. The van der Waals surface area contributed by atoms with Gasteiger partial charge in [-0.1, -0.05) is 13.3 Å². The molecule has 1 aromatic heterocycles. The summed E-state index contributed by atoms with van der Waals surface area (Å²) in [6.45, 7) is 4.99. The maximum absolute atomic E-state index is 10.0. The summed E-state index contributed by atoms with van der Waals surface area (Å²) in [6.07, 6.45) is 5.78. The second kappa shape index (κ2) is 6.66. The first-order chi connectivity index (χ1) is 7.71. The van der Waals surface area contributed by atoms with Crippen LogP contribution >= 0.6 is 0 Å². The standard InChI is InChI=1S/C12H22N2O2/c1-4-6-12(16-3)11(15)7-10-8-13-14(5-2)9-10/h8-9,11-12,15H,4-7H2,1-3H3. The first kappa shape index (κ1) is 13.2. The molecule has 16 heavy (non-hydrogen) atoms. The predicted octanol–water partition coefficient (Wildman–Crippen LogP) is 1.62. The van der Waals surface area contributed by atoms with E-state index in [1.54, 1.807) is 7.11 Å². The van der Waals surface area contributed by atoms with Crippen LogP contribution in [0.3, 0.4) is 0 Å². The highest BCUT2D eigenvalue weighted by molar-refractivity contribution is 5.06. The first-order valence-corrected chi connectivity index (χ1v) is 5.93. The molecule has 1 heterocycles. The smallest absolute Gasteiger partial charge is 0.0843 e. The van der Waals surface area contributed by atoms with E-state index in [-0.39, 0.29) is 6.10 Å². The Labute approximate surface area is 97.2 Å². The first-order valence-electron chi connectivity index (χ1n) is 5.93. The van der Waals surface area contributed by atoms with E-state index in [4.69, 9.17) is 4.74 Å². The fourth-order valence-corrected chi connectivity index (χ4v) is 1.81. The molecule has 0 radical (unpaired) electrons. The van der Waals surface area contributed by atoms with Gasteiger partial charge in [0.25, 0.3) is 0 Å². The van der Waals surface area contributed by atoms with Gasteiger partial charge in [-0.15, -0.1) is 0 Å². The normalized spacial score (nSPS) is 15.0. The fraction of sp³-hybridized carbons (Fsp3) is 0.750. The zero-order chi connectivity index (χ0) is 12.0. The van der Waals surface area contributed by atoms with Gasteiger partial charge >= 0.3 is 0 Å². The van der Waals surface area contributed by atoms with Gasteiger partial charge < -0.3 is 9.84 Å². The number of hydrogen-bond acceptors (Lipinski definition) is 3. The summed E-state index contributed by atoms with van der Waals surface area (Å²) < 4.78 is 7.15. The summed E-state index contributed by atoms with van der Waals surface area (Å²) >= 11 is 0. The molecule has 0 saturated heterocycles. The molecule has 0 amide bonds. The van der Waals surface area contributed by atoms with Gasteiger partial charge in [0.05, 0.1) is 18.4 Å². The van der Waals surface area contributed by atoms with Crippen LogP contribution in [0.4, 0.5) is 0 Å². The van der Waals surface area contributed by atoms with Gasteiger partial charge in [0, 0.05) is 26.3 Å². The highest BCUT2D eigenvalue weighted by atomic mass is 16.5. The highest BCUT2D eigenvalue weighted by Gasteiger charge is 2.18. The fourth-order valence-electron chi connectivity index (χ4n) is 1.81. The van der Waals surface area contributed by atoms with Crippen molar-refractivity contribution in [3.8, 4) is 0 Å². The van der Waals surface area contributed by atoms with Crippen molar-refractivity contribution in [1.29, 1.82) is 0 Å². The SMILES string of the molecule is CCCC(OC)C(O)Cc1cnn(CC)c1. The van der Waals surface area contributed by atoms with Gasteiger partial charge in [-0.2, -0.15) is 5.10 Å². The van der Waals surface area contributed by atoms with Crippen LogP contribution in [0, 0.1) is 0 Å². The van der Waals surface area contributed by atoms with Crippen LogP contribution in [0.2, 0.25) is 0 Å². The van der Waals surface area contributed by atoms with Crippen molar-refractivity contribution in [3.63, 3.8) is 0 Å². The van der Waals surface area contributed by atoms with E-state index in [1.165, 1.54) is 0 Å². The van der Waals surface area contributed by atoms with E-state index in [0.29, 0.717) is 6.42 Å². The molecule has 2 atom stereocenters. The highest BCUT2D eigenvalue weighted by Crippen LogP contribution is 2.11. The third-order valence-corrected chi connectivity index (χ3v) is 2.76. The topological polar surface area (TPSA) is 47.3 Å². The van der Waals surface area contributed by atoms with Gasteiger partial charge in [0.2, 0.25) is 0 Å². The second-order valence-corrected chi connectivity index (χ2v) is 4.04. The molecule has 0 fully saturated rings. The molecule has 1 aromatic rings. The number of aromatic nitrogens is 2. The van der Waals surface area contributed by atoms with Gasteiger partial charge in [-0.25, -0.2) is 0 Å². The Kier molecular flexibility index (Phi) is 5.49. The molecule has 1 rings (SSSR count). The Morgan fingerprint density at radius 2 is 2.25 bits per heavy atom. The van der Waals surface area contributed by atoms with Gasteiger partial charge in [0.15, 0.2) is 0 Å². The molecule has 1 N–H and O–H groups in total. The van der Waals surface area contributed by atoms with E-state index in [0.717, 1.165) is 24.9 Å². The number of hydrogen-bond donors (Lipinski definition) is 1. The Bertz CT molecular complexity index is 299. The van der Waals surface area contributed by atoms with Crippen LogP contribution in [0.1, 0.15) is 32.3 Å². The molecule has 0 bridgehead atoms. The van der Waals surface area contributed by atoms with Crippen molar-refractivity contribution in [2.75, 3.05) is 7.11 Å². The average Bonchev–Trinajstić information content (AvgIpc) is 2.73. The predicted molar refractivity (Wildman–Crippen MR) is 63.3 cm³/mol. The van der Waals surface area contributed by atoms with Crippen LogP contribution in [0.25, 0.3) is 0 Å². The Morgan fingerprint density at radius 3 is 2.75 bits per heavy atom. The van der Waals surface area contributed by atoms with Crippen molar-refractivity contribution in [1.82, 2.24) is 9.78 Å². The number of methoxy groups -OCH3 is 1. The van der Waals surface area contributed by atoms with Crippen LogP contribution < -0.4 is 0 Å². The zero-order valence-corrected chi connectivity index (χ0v) is 10.4. The van der Waals surface area contributed by atoms with Gasteiger partial charge in [-0.3, -0.25) is 4.68 Å². The Balaban J connectivity index is 2.51. The third-order valence-electron chi connectivity index (χ3n) is 2.76. The van der Waals surface area contributed by atoms with Gasteiger partial charge in [-0.05, 0) is 18.9 Å². The maximum atomic E-state index is 10.0. The van der Waals surface area contributed by atoms with Crippen molar-refractivity contribution < 1.29 is 9.84 Å². The molecule has 0 aliphatic carbocycles. The van der Waals surface area contributed by atoms with Crippen molar-refractivity contribution >= 4 is 0 Å². The van der Waals surface area contributed by atoms with E-state index in [9.17, 15) is 5.11 Å². The summed E-state index contributed by atoms with van der Waals surface area (Å²) in [5.41, 5.74) is 1.06. The van der Waals surface area contributed by atoms with Crippen molar-refractivity contribution in [3.05, 3.63) is 18.0 Å². The Morgan fingerprint density at radius 1 is 1.50 bits per heavy atom. The van der Waals surface area contributed by atoms with Crippen LogP contribution in [0.15, 0.2) is 12.4 Å². The minimum Gasteiger partial charge on any atom is -0.390 e. The summed E-state index contributed by atoms with van der Waals surface area (Å²) in [6, 6.07) is 0. The maximum Gasteiger partial charge on any atom is 0.0843 e. The molecule has 0 aromatic carbocycles. The summed E-state index contributed by atoms with van der Waals surface area (Å²) in [5.74, 6) is 0. The van der Waals surface area contributed by atoms with E-state index in [1.807, 2.05) is 24.0 Å². The molecule has 0 aliphatic rings. The molecule has 92 valence electrons. The molecule has 0 saturated carbocycles. The molecular formula is C12H22N2O2.